The Morgan fingerprint density at radius 1 is 1.50 bits per heavy atom. The quantitative estimate of drug-likeness (QED) is 0.493. The molecule has 1 unspecified atom stereocenters. The SMILES string of the molecule is NC(Cl)c1cccc(F)c1. The number of nitrogens with two attached hydrogens (primary N) is 1. The second kappa shape index (κ2) is 2.99. The van der Waals surface area contributed by atoms with Gasteiger partial charge in [-0.25, -0.2) is 4.39 Å². The number of benzene rings is 1. The normalized spacial score (nSPS) is 13.1. The van der Waals surface area contributed by atoms with Crippen LogP contribution in [-0.4, -0.2) is 0 Å². The molecule has 54 valence electrons. The molecule has 0 radical (unpaired) electrons. The second-order valence-electron chi connectivity index (χ2n) is 1.96. The molecule has 2 N–H and O–H groups in total. The lowest BCUT2D eigenvalue weighted by Crippen LogP contribution is -2.01. The second-order valence-corrected chi connectivity index (χ2v) is 2.43. The van der Waals surface area contributed by atoms with Gasteiger partial charge in [-0.05, 0) is 17.7 Å². The maximum absolute atomic E-state index is 12.4. The van der Waals surface area contributed by atoms with Crippen molar-refractivity contribution in [1.82, 2.24) is 0 Å². The van der Waals surface area contributed by atoms with Crippen LogP contribution < -0.4 is 5.73 Å². The lowest BCUT2D eigenvalue weighted by molar-refractivity contribution is 0.625. The summed E-state index contributed by atoms with van der Waals surface area (Å²) >= 11 is 5.49. The molecule has 0 aliphatic rings. The van der Waals surface area contributed by atoms with Crippen LogP contribution in [0.2, 0.25) is 0 Å². The molecule has 0 saturated carbocycles. The summed E-state index contributed by atoms with van der Waals surface area (Å²) in [6.07, 6.45) is 0. The summed E-state index contributed by atoms with van der Waals surface area (Å²) in [5.74, 6) is -0.311. The summed E-state index contributed by atoms with van der Waals surface area (Å²) in [5.41, 5.74) is 5.27. The summed E-state index contributed by atoms with van der Waals surface area (Å²) in [6.45, 7) is 0. The van der Waals surface area contributed by atoms with Crippen LogP contribution in [0.1, 0.15) is 11.1 Å². The number of hydrogen-bond donors (Lipinski definition) is 1. The third-order valence-corrected chi connectivity index (χ3v) is 1.42. The molecule has 0 heterocycles. The van der Waals surface area contributed by atoms with Gasteiger partial charge in [0.2, 0.25) is 0 Å². The zero-order valence-corrected chi connectivity index (χ0v) is 5.98. The molecular weight excluding hydrogens is 153 g/mol. The lowest BCUT2D eigenvalue weighted by atomic mass is 10.2. The van der Waals surface area contributed by atoms with Gasteiger partial charge in [0.15, 0.2) is 0 Å². The van der Waals surface area contributed by atoms with Crippen molar-refractivity contribution in [1.29, 1.82) is 0 Å². The molecule has 0 aromatic heterocycles. The average Bonchev–Trinajstić information content (AvgIpc) is 1.88. The van der Waals surface area contributed by atoms with Crippen molar-refractivity contribution in [2.24, 2.45) is 5.73 Å². The topological polar surface area (TPSA) is 26.0 Å². The van der Waals surface area contributed by atoms with Gasteiger partial charge in [-0.2, -0.15) is 0 Å². The molecular formula is C7H7ClFN. The molecule has 0 aliphatic heterocycles. The van der Waals surface area contributed by atoms with Gasteiger partial charge < -0.3 is 5.73 Å². The molecule has 0 fully saturated rings. The van der Waals surface area contributed by atoms with Gasteiger partial charge in [0.25, 0.3) is 0 Å². The van der Waals surface area contributed by atoms with Gasteiger partial charge in [0.1, 0.15) is 11.3 Å². The average molecular weight is 160 g/mol. The summed E-state index contributed by atoms with van der Waals surface area (Å²) in [4.78, 5) is 0. The Morgan fingerprint density at radius 3 is 2.60 bits per heavy atom. The van der Waals surface area contributed by atoms with Crippen LogP contribution in [-0.2, 0) is 0 Å². The van der Waals surface area contributed by atoms with Crippen LogP contribution >= 0.6 is 11.6 Å². The van der Waals surface area contributed by atoms with Crippen LogP contribution in [0.3, 0.4) is 0 Å². The Morgan fingerprint density at radius 2 is 2.20 bits per heavy atom. The number of alkyl halides is 1. The first kappa shape index (κ1) is 7.51. The highest BCUT2D eigenvalue weighted by Crippen LogP contribution is 2.14. The van der Waals surface area contributed by atoms with E-state index >= 15 is 0 Å². The van der Waals surface area contributed by atoms with Gasteiger partial charge in [0, 0.05) is 0 Å². The minimum atomic E-state index is -0.615. The van der Waals surface area contributed by atoms with Crippen molar-refractivity contribution >= 4 is 11.6 Å². The minimum Gasteiger partial charge on any atom is -0.312 e. The van der Waals surface area contributed by atoms with Crippen LogP contribution in [0.25, 0.3) is 0 Å². The zero-order valence-electron chi connectivity index (χ0n) is 5.22. The van der Waals surface area contributed by atoms with Gasteiger partial charge in [-0.3, -0.25) is 0 Å². The monoisotopic (exact) mass is 159 g/mol. The molecule has 0 spiro atoms. The van der Waals surface area contributed by atoms with E-state index in [1.807, 2.05) is 0 Å². The Labute approximate surface area is 63.6 Å². The molecule has 1 rings (SSSR count). The van der Waals surface area contributed by atoms with E-state index < -0.39 is 5.50 Å². The fraction of sp³-hybridized carbons (Fsp3) is 0.143. The van der Waals surface area contributed by atoms with Crippen molar-refractivity contribution in [3.05, 3.63) is 35.6 Å². The van der Waals surface area contributed by atoms with Crippen molar-refractivity contribution in [3.8, 4) is 0 Å². The van der Waals surface area contributed by atoms with E-state index in [0.717, 1.165) is 0 Å². The minimum absolute atomic E-state index is 0.311. The fourth-order valence-electron chi connectivity index (χ4n) is 0.678. The molecule has 0 bridgehead atoms. The van der Waals surface area contributed by atoms with Gasteiger partial charge >= 0.3 is 0 Å². The van der Waals surface area contributed by atoms with E-state index in [1.54, 1.807) is 12.1 Å². The summed E-state index contributed by atoms with van der Waals surface area (Å²) in [6, 6.07) is 5.92. The van der Waals surface area contributed by atoms with Crippen molar-refractivity contribution in [3.63, 3.8) is 0 Å². The summed E-state index contributed by atoms with van der Waals surface area (Å²) in [5, 5.41) is 0. The Bertz CT molecular complexity index is 225. The van der Waals surface area contributed by atoms with E-state index in [2.05, 4.69) is 0 Å². The molecule has 3 heteroatoms. The summed E-state index contributed by atoms with van der Waals surface area (Å²) in [7, 11) is 0. The summed E-state index contributed by atoms with van der Waals surface area (Å²) < 4.78 is 12.4. The van der Waals surface area contributed by atoms with Crippen LogP contribution in [0.4, 0.5) is 4.39 Å². The highest BCUT2D eigenvalue weighted by molar-refractivity contribution is 6.20. The fourth-order valence-corrected chi connectivity index (χ4v) is 0.814. The largest absolute Gasteiger partial charge is 0.312 e. The van der Waals surface area contributed by atoms with E-state index in [4.69, 9.17) is 17.3 Å². The van der Waals surface area contributed by atoms with E-state index in [-0.39, 0.29) is 5.82 Å². The van der Waals surface area contributed by atoms with Gasteiger partial charge in [-0.15, -0.1) is 11.6 Å². The van der Waals surface area contributed by atoms with Crippen LogP contribution in [0.15, 0.2) is 24.3 Å². The first-order valence-electron chi connectivity index (χ1n) is 2.85. The first-order chi connectivity index (χ1) is 4.70. The molecule has 0 saturated heterocycles. The van der Waals surface area contributed by atoms with Crippen LogP contribution in [0, 0.1) is 5.82 Å². The maximum atomic E-state index is 12.4. The van der Waals surface area contributed by atoms with Crippen molar-refractivity contribution < 1.29 is 4.39 Å². The first-order valence-corrected chi connectivity index (χ1v) is 3.29. The highest BCUT2D eigenvalue weighted by Gasteiger charge is 2.00. The van der Waals surface area contributed by atoms with Gasteiger partial charge in [0.05, 0.1) is 0 Å². The smallest absolute Gasteiger partial charge is 0.123 e. The predicted molar refractivity (Wildman–Crippen MR) is 39.2 cm³/mol. The number of hydrogen-bond acceptors (Lipinski definition) is 1. The number of rotatable bonds is 1. The third-order valence-electron chi connectivity index (χ3n) is 1.17. The zero-order chi connectivity index (χ0) is 7.56. The maximum Gasteiger partial charge on any atom is 0.123 e. The molecule has 10 heavy (non-hydrogen) atoms. The molecule has 0 amide bonds. The third kappa shape index (κ3) is 1.69. The molecule has 1 aromatic carbocycles. The Balaban J connectivity index is 2.96. The molecule has 1 aromatic rings. The van der Waals surface area contributed by atoms with Crippen LogP contribution in [0.5, 0.6) is 0 Å². The van der Waals surface area contributed by atoms with E-state index in [0.29, 0.717) is 5.56 Å². The predicted octanol–water partition coefficient (Wildman–Crippen LogP) is 2.02. The molecule has 0 aliphatic carbocycles. The highest BCUT2D eigenvalue weighted by atomic mass is 35.5. The van der Waals surface area contributed by atoms with Crippen molar-refractivity contribution in [2.45, 2.75) is 5.50 Å². The standard InChI is InChI=1S/C7H7ClFN/c8-7(10)5-2-1-3-6(9)4-5/h1-4,7H,10H2. The number of halogens is 2. The Kier molecular flexibility index (Phi) is 2.25. The lowest BCUT2D eigenvalue weighted by Gasteiger charge is -2.01. The molecule has 1 nitrogen and oxygen atoms in total. The van der Waals surface area contributed by atoms with E-state index in [9.17, 15) is 4.39 Å². The van der Waals surface area contributed by atoms with Gasteiger partial charge in [-0.1, -0.05) is 12.1 Å². The molecule has 1 atom stereocenters. The van der Waals surface area contributed by atoms with E-state index in [1.165, 1.54) is 12.1 Å². The van der Waals surface area contributed by atoms with Crippen molar-refractivity contribution in [2.75, 3.05) is 0 Å². The Hall–Kier alpha value is -0.600.